The maximum Gasteiger partial charge on any atom is 0.455 e. The minimum Gasteiger partial charge on any atom is -0.444 e. The summed E-state index contributed by atoms with van der Waals surface area (Å²) in [4.78, 5) is 42.7. The van der Waals surface area contributed by atoms with Crippen LogP contribution in [0.15, 0.2) is 35.1 Å². The molecule has 12 nitrogen and oxygen atoms in total. The SMILES string of the molecule is CN(C(=O)c1cnc(N2CC(NC(=O)OC(C)(C)C)C(c3cc(F)ccc3F)C2)nc1)C1CCN(c2nc(C(F)(F)F)no2)CC1. The molecule has 0 spiro atoms. The lowest BCUT2D eigenvalue weighted by atomic mass is 9.94. The molecule has 248 valence electrons. The van der Waals surface area contributed by atoms with E-state index in [0.717, 1.165) is 18.2 Å². The first-order valence-corrected chi connectivity index (χ1v) is 14.5. The van der Waals surface area contributed by atoms with E-state index in [1.165, 1.54) is 17.3 Å². The highest BCUT2D eigenvalue weighted by Gasteiger charge is 2.40. The summed E-state index contributed by atoms with van der Waals surface area (Å²) in [6.07, 6.45) is -1.80. The molecule has 2 saturated heterocycles. The molecule has 1 N–H and O–H groups in total. The third-order valence-corrected chi connectivity index (χ3v) is 7.82. The zero-order valence-electron chi connectivity index (χ0n) is 25.5. The Morgan fingerprint density at radius 1 is 1.04 bits per heavy atom. The number of carbonyl (C=O) groups excluding carboxylic acids is 2. The summed E-state index contributed by atoms with van der Waals surface area (Å²) in [6, 6.07) is 2.04. The number of ether oxygens (including phenoxy) is 1. The van der Waals surface area contributed by atoms with Crippen LogP contribution in [0, 0.1) is 11.6 Å². The van der Waals surface area contributed by atoms with Gasteiger partial charge in [-0.05, 0) is 62.5 Å². The average Bonchev–Trinajstić information content (AvgIpc) is 3.65. The highest BCUT2D eigenvalue weighted by atomic mass is 19.4. The van der Waals surface area contributed by atoms with Crippen LogP contribution in [0.3, 0.4) is 0 Å². The molecule has 46 heavy (non-hydrogen) atoms. The molecule has 2 aliphatic heterocycles. The number of anilines is 2. The van der Waals surface area contributed by atoms with Gasteiger partial charge in [0, 0.05) is 57.6 Å². The molecule has 1 aromatic carbocycles. The second-order valence-electron chi connectivity index (χ2n) is 12.2. The molecule has 5 rings (SSSR count). The van der Waals surface area contributed by atoms with Crippen LogP contribution in [-0.4, -0.2) is 87.9 Å². The maximum absolute atomic E-state index is 14.8. The molecule has 4 heterocycles. The molecule has 0 aliphatic carbocycles. The predicted molar refractivity (Wildman–Crippen MR) is 153 cm³/mol. The lowest BCUT2D eigenvalue weighted by Gasteiger charge is -2.35. The normalized spacial score (nSPS) is 19.3. The van der Waals surface area contributed by atoms with Gasteiger partial charge in [0.15, 0.2) is 0 Å². The van der Waals surface area contributed by atoms with E-state index >= 15 is 0 Å². The maximum atomic E-state index is 14.8. The first-order valence-electron chi connectivity index (χ1n) is 14.5. The molecule has 2 aliphatic rings. The summed E-state index contributed by atoms with van der Waals surface area (Å²) in [7, 11) is 1.62. The number of alkyl carbamates (subject to hydrolysis) is 1. The third-order valence-electron chi connectivity index (χ3n) is 7.82. The number of benzene rings is 1. The van der Waals surface area contributed by atoms with Crippen molar-refractivity contribution in [2.24, 2.45) is 0 Å². The van der Waals surface area contributed by atoms with E-state index in [1.807, 2.05) is 0 Å². The molecular weight excluding hydrogens is 619 g/mol. The van der Waals surface area contributed by atoms with Crippen LogP contribution in [0.1, 0.15) is 61.3 Å². The Morgan fingerprint density at radius 3 is 2.33 bits per heavy atom. The number of alkyl halides is 3. The van der Waals surface area contributed by atoms with Gasteiger partial charge in [-0.3, -0.25) is 4.79 Å². The van der Waals surface area contributed by atoms with Crippen LogP contribution in [0.5, 0.6) is 0 Å². The number of piperidine rings is 1. The van der Waals surface area contributed by atoms with E-state index in [-0.39, 0.29) is 48.1 Å². The summed E-state index contributed by atoms with van der Waals surface area (Å²) in [5.74, 6) is -3.38. The molecule has 0 bridgehead atoms. The highest BCUT2D eigenvalue weighted by molar-refractivity contribution is 5.93. The Labute approximate surface area is 260 Å². The van der Waals surface area contributed by atoms with Gasteiger partial charge in [-0.2, -0.15) is 18.2 Å². The summed E-state index contributed by atoms with van der Waals surface area (Å²) in [5.41, 5.74) is -0.481. The average molecular weight is 653 g/mol. The molecule has 2 atom stereocenters. The molecule has 2 unspecified atom stereocenters. The minimum absolute atomic E-state index is 0.0860. The number of nitrogens with one attached hydrogen (secondary N) is 1. The van der Waals surface area contributed by atoms with Crippen molar-refractivity contribution in [2.75, 3.05) is 43.0 Å². The third kappa shape index (κ3) is 7.45. The van der Waals surface area contributed by atoms with E-state index in [1.54, 1.807) is 37.6 Å². The van der Waals surface area contributed by atoms with E-state index < -0.39 is 47.3 Å². The van der Waals surface area contributed by atoms with E-state index in [2.05, 4.69) is 25.4 Å². The molecule has 0 saturated carbocycles. The van der Waals surface area contributed by atoms with Crippen LogP contribution >= 0.6 is 0 Å². The minimum atomic E-state index is -4.71. The van der Waals surface area contributed by atoms with Crippen molar-refractivity contribution in [1.82, 2.24) is 30.3 Å². The van der Waals surface area contributed by atoms with Crippen LogP contribution in [0.2, 0.25) is 0 Å². The monoisotopic (exact) mass is 652 g/mol. The Balaban J connectivity index is 1.23. The summed E-state index contributed by atoms with van der Waals surface area (Å²) in [5, 5.41) is 5.74. The fraction of sp³-hybridized carbons (Fsp3) is 0.517. The molecule has 2 amide bonds. The lowest BCUT2D eigenvalue weighted by molar-refractivity contribution is -0.146. The molecule has 0 radical (unpaired) electrons. The number of rotatable bonds is 6. The van der Waals surface area contributed by atoms with Crippen molar-refractivity contribution in [3.63, 3.8) is 0 Å². The number of amides is 2. The summed E-state index contributed by atoms with van der Waals surface area (Å²) < 4.78 is 77.5. The van der Waals surface area contributed by atoms with Crippen molar-refractivity contribution in [2.45, 2.75) is 63.4 Å². The van der Waals surface area contributed by atoms with Gasteiger partial charge in [-0.15, -0.1) is 0 Å². The Bertz CT molecular complexity index is 1550. The van der Waals surface area contributed by atoms with Crippen molar-refractivity contribution >= 4 is 24.0 Å². The van der Waals surface area contributed by atoms with Gasteiger partial charge < -0.3 is 29.3 Å². The Kier molecular flexibility index (Phi) is 9.04. The van der Waals surface area contributed by atoms with Crippen LogP contribution in [-0.2, 0) is 10.9 Å². The number of hydrogen-bond acceptors (Lipinski definition) is 10. The molecular formula is C29H33F5N8O4. The highest BCUT2D eigenvalue weighted by Crippen LogP contribution is 2.33. The number of halogens is 5. The lowest BCUT2D eigenvalue weighted by Crippen LogP contribution is -2.45. The van der Waals surface area contributed by atoms with Gasteiger partial charge in [0.2, 0.25) is 5.95 Å². The van der Waals surface area contributed by atoms with E-state index in [4.69, 9.17) is 9.26 Å². The van der Waals surface area contributed by atoms with Gasteiger partial charge in [0.1, 0.15) is 17.2 Å². The van der Waals surface area contributed by atoms with Gasteiger partial charge in [0.05, 0.1) is 11.6 Å². The second-order valence-corrected chi connectivity index (χ2v) is 12.2. The standard InChI is InChI=1S/C29H33F5N8O4/c1-28(2,3)45-27(44)37-22-15-42(14-20(22)19-11-17(30)5-6-21(19)31)25-35-12-16(13-36-25)23(43)40(4)18-7-9-41(10-8-18)26-38-24(39-46-26)29(32,33)34/h5-6,11-13,18,20,22H,7-10,14-15H2,1-4H3,(H,37,44). The van der Waals surface area contributed by atoms with Crippen LogP contribution < -0.4 is 15.1 Å². The second kappa shape index (κ2) is 12.7. The fourth-order valence-electron chi connectivity index (χ4n) is 5.55. The molecule has 2 aromatic heterocycles. The number of carbonyl (C=O) groups is 2. The predicted octanol–water partition coefficient (Wildman–Crippen LogP) is 4.39. The van der Waals surface area contributed by atoms with Crippen LogP contribution in [0.4, 0.5) is 38.7 Å². The number of hydrogen-bond donors (Lipinski definition) is 1. The Hall–Kier alpha value is -4.57. The van der Waals surface area contributed by atoms with Crippen LogP contribution in [0.25, 0.3) is 0 Å². The van der Waals surface area contributed by atoms with E-state index in [0.29, 0.717) is 25.9 Å². The number of aromatic nitrogens is 4. The van der Waals surface area contributed by atoms with Gasteiger partial charge in [-0.25, -0.2) is 23.5 Å². The topological polar surface area (TPSA) is 130 Å². The van der Waals surface area contributed by atoms with Gasteiger partial charge in [-0.1, -0.05) is 0 Å². The summed E-state index contributed by atoms with van der Waals surface area (Å²) in [6.45, 7) is 6.05. The van der Waals surface area contributed by atoms with Gasteiger partial charge >= 0.3 is 18.3 Å². The van der Waals surface area contributed by atoms with Crippen molar-refractivity contribution in [3.8, 4) is 0 Å². The van der Waals surface area contributed by atoms with Crippen molar-refractivity contribution in [1.29, 1.82) is 0 Å². The fourth-order valence-corrected chi connectivity index (χ4v) is 5.55. The quantitative estimate of drug-likeness (QED) is 0.383. The number of nitrogens with zero attached hydrogens (tertiary/aromatic N) is 7. The molecule has 17 heteroatoms. The first kappa shape index (κ1) is 32.8. The zero-order valence-corrected chi connectivity index (χ0v) is 25.5. The molecule has 3 aromatic rings. The van der Waals surface area contributed by atoms with Crippen molar-refractivity contribution in [3.05, 3.63) is 59.2 Å². The molecule has 2 fully saturated rings. The first-order chi connectivity index (χ1) is 21.6. The summed E-state index contributed by atoms with van der Waals surface area (Å²) >= 11 is 0. The zero-order chi connectivity index (χ0) is 33.4. The largest absolute Gasteiger partial charge is 0.455 e. The van der Waals surface area contributed by atoms with E-state index in [9.17, 15) is 31.5 Å². The van der Waals surface area contributed by atoms with Gasteiger partial charge in [0.25, 0.3) is 11.7 Å². The van der Waals surface area contributed by atoms with Crippen molar-refractivity contribution < 1.29 is 40.8 Å². The Morgan fingerprint density at radius 2 is 1.72 bits per heavy atom. The smallest absolute Gasteiger partial charge is 0.444 e.